The first-order valence-electron chi connectivity index (χ1n) is 11.0. The topological polar surface area (TPSA) is 76.1 Å². The van der Waals surface area contributed by atoms with Gasteiger partial charge in [0.15, 0.2) is 0 Å². The van der Waals surface area contributed by atoms with Crippen LogP contribution in [0, 0.1) is 9.49 Å². The molecule has 1 aromatic carbocycles. The molecule has 11 heteroatoms. The summed E-state index contributed by atoms with van der Waals surface area (Å²) in [7, 11) is 0. The number of rotatable bonds is 6. The number of nitrogens with one attached hydrogen (secondary N) is 2. The Bertz CT molecular complexity index is 1200. The number of carbonyl (C=O) groups is 1. The van der Waals surface area contributed by atoms with Gasteiger partial charge in [0, 0.05) is 0 Å². The Morgan fingerprint density at radius 1 is 1.20 bits per heavy atom. The number of amides is 1. The molecule has 0 saturated carbocycles. The zero-order valence-electron chi connectivity index (χ0n) is 18.5. The Balaban J connectivity index is 1.61. The number of ether oxygens (including phenoxy) is 1. The van der Waals surface area contributed by atoms with Crippen molar-refractivity contribution in [2.75, 3.05) is 25.0 Å². The van der Waals surface area contributed by atoms with Crippen LogP contribution in [0.3, 0.4) is 0 Å². The number of anilines is 1. The van der Waals surface area contributed by atoms with Crippen molar-refractivity contribution < 1.29 is 22.7 Å². The van der Waals surface area contributed by atoms with Crippen LogP contribution in [0.5, 0.6) is 5.75 Å². The number of aromatic nitrogens is 2. The standard InChI is InChI=1S/C24H21F3IN4O2.Tl/c25-24(26,27)17-5-6-19(31-22(17)16-3-1-2-4-18(16)28)23(33)32-20-13-30-12-9-21(20)34-14-15-7-10-29-11-8-15;/h1-2,4-6,9,12-13,15,29H,7-8,10-11,14H2,(H,32,33);. The van der Waals surface area contributed by atoms with Crippen LogP contribution in [-0.2, 0) is 6.18 Å². The maximum atomic E-state index is 13.8. The SMILES string of the molecule is O=C(Nc1cnccc1OCC1CCNCC1)c1ccc(C(F)(F)F)c(-c2c(I)ccc[c]2[Tl])n1. The van der Waals surface area contributed by atoms with E-state index >= 15 is 0 Å². The number of carbonyl (C=O) groups excluding carboxylic acids is 1. The molecule has 4 rings (SSSR count). The molecule has 1 aliphatic rings. The quantitative estimate of drug-likeness (QED) is 0.290. The summed E-state index contributed by atoms with van der Waals surface area (Å²) in [6.45, 7) is 2.39. The Hall–Kier alpha value is -1.81. The van der Waals surface area contributed by atoms with Gasteiger partial charge in [-0.25, -0.2) is 0 Å². The third-order valence-electron chi connectivity index (χ3n) is 5.68. The number of benzene rings is 1. The van der Waals surface area contributed by atoms with E-state index in [1.54, 1.807) is 30.5 Å². The first kappa shape index (κ1) is 26.3. The van der Waals surface area contributed by atoms with E-state index in [4.69, 9.17) is 4.74 Å². The van der Waals surface area contributed by atoms with Gasteiger partial charge in [0.1, 0.15) is 0 Å². The zero-order valence-corrected chi connectivity index (χ0v) is 25.2. The predicted octanol–water partition coefficient (Wildman–Crippen LogP) is 4.19. The summed E-state index contributed by atoms with van der Waals surface area (Å²) in [5.41, 5.74) is -0.458. The summed E-state index contributed by atoms with van der Waals surface area (Å²) in [5.74, 6) is 0.232. The van der Waals surface area contributed by atoms with Crippen molar-refractivity contribution >= 4 is 63.1 Å². The van der Waals surface area contributed by atoms with Crippen molar-refractivity contribution in [3.63, 3.8) is 0 Å². The molecular formula is C24H21F3IN4O2Tl. The monoisotopic (exact) mass is 786 g/mol. The molecule has 1 fully saturated rings. The number of hydrogen-bond donors (Lipinski definition) is 2. The van der Waals surface area contributed by atoms with Gasteiger partial charge in [0.25, 0.3) is 0 Å². The number of pyridine rings is 2. The summed E-state index contributed by atoms with van der Waals surface area (Å²) >= 11 is 2.30. The predicted molar refractivity (Wildman–Crippen MR) is 136 cm³/mol. The van der Waals surface area contributed by atoms with E-state index in [0.29, 0.717) is 58.9 Å². The molecule has 1 saturated heterocycles. The van der Waals surface area contributed by atoms with Crippen molar-refractivity contribution in [1.29, 1.82) is 0 Å². The summed E-state index contributed by atoms with van der Waals surface area (Å²) in [6, 6.07) is 9.00. The summed E-state index contributed by atoms with van der Waals surface area (Å²) in [6.07, 6.45) is 0.426. The molecule has 1 aliphatic heterocycles. The molecule has 0 spiro atoms. The van der Waals surface area contributed by atoms with Gasteiger partial charge in [0.05, 0.1) is 0 Å². The van der Waals surface area contributed by atoms with Crippen molar-refractivity contribution in [1.82, 2.24) is 15.3 Å². The van der Waals surface area contributed by atoms with E-state index in [0.717, 1.165) is 41.2 Å². The summed E-state index contributed by atoms with van der Waals surface area (Å²) in [5, 5.41) is 6.01. The number of nitrogens with zero attached hydrogens (tertiary/aromatic N) is 2. The minimum absolute atomic E-state index is 0.120. The average Bonchev–Trinajstić information content (AvgIpc) is 2.83. The second-order valence-corrected chi connectivity index (χ2v) is 11.7. The molecule has 0 aliphatic carbocycles. The fraction of sp³-hybridized carbons (Fsp3) is 0.292. The van der Waals surface area contributed by atoms with E-state index in [-0.39, 0.29) is 11.4 Å². The Morgan fingerprint density at radius 2 is 1.97 bits per heavy atom. The van der Waals surface area contributed by atoms with Crippen molar-refractivity contribution in [3.05, 3.63) is 63.6 Å². The van der Waals surface area contributed by atoms with Gasteiger partial charge in [-0.15, -0.1) is 0 Å². The fourth-order valence-corrected chi connectivity index (χ4v) is 7.32. The van der Waals surface area contributed by atoms with Crippen molar-refractivity contribution in [3.8, 4) is 17.0 Å². The van der Waals surface area contributed by atoms with Crippen LogP contribution in [0.25, 0.3) is 11.3 Å². The van der Waals surface area contributed by atoms with E-state index < -0.39 is 17.6 Å². The van der Waals surface area contributed by atoms with Crippen LogP contribution in [0.4, 0.5) is 18.9 Å². The van der Waals surface area contributed by atoms with Gasteiger partial charge in [-0.1, -0.05) is 0 Å². The maximum absolute atomic E-state index is 13.8. The van der Waals surface area contributed by atoms with Crippen LogP contribution < -0.4 is 18.5 Å². The number of hydrogen-bond acceptors (Lipinski definition) is 5. The van der Waals surface area contributed by atoms with Crippen LogP contribution in [0.2, 0.25) is 0 Å². The van der Waals surface area contributed by atoms with Gasteiger partial charge >= 0.3 is 200 Å². The summed E-state index contributed by atoms with van der Waals surface area (Å²) < 4.78 is 48.8. The van der Waals surface area contributed by atoms with Gasteiger partial charge in [-0.05, 0) is 25.9 Å². The second kappa shape index (κ2) is 11.5. The van der Waals surface area contributed by atoms with Crippen LogP contribution in [0.15, 0.2) is 48.8 Å². The molecule has 0 atom stereocenters. The molecule has 3 heterocycles. The Morgan fingerprint density at radius 3 is 2.69 bits per heavy atom. The third-order valence-corrected chi connectivity index (χ3v) is 8.45. The first-order valence-corrected chi connectivity index (χ1v) is 14.3. The molecule has 2 aromatic heterocycles. The Kier molecular flexibility index (Phi) is 8.63. The van der Waals surface area contributed by atoms with E-state index in [9.17, 15) is 18.0 Å². The van der Waals surface area contributed by atoms with E-state index in [2.05, 4.69) is 20.6 Å². The molecule has 0 bridgehead atoms. The normalized spacial score (nSPS) is 14.5. The molecule has 35 heavy (non-hydrogen) atoms. The van der Waals surface area contributed by atoms with Crippen LogP contribution >= 0.6 is 22.6 Å². The van der Waals surface area contributed by atoms with Crippen LogP contribution in [-0.4, -0.2) is 61.3 Å². The average molecular weight is 786 g/mol. The number of alkyl halides is 3. The molecule has 2 N–H and O–H groups in total. The number of piperidine rings is 1. The first-order chi connectivity index (χ1) is 16.7. The summed E-state index contributed by atoms with van der Waals surface area (Å²) in [4.78, 5) is 21.3. The molecule has 0 radical (unpaired) electrons. The second-order valence-electron chi connectivity index (χ2n) is 8.12. The number of halogens is 4. The Labute approximate surface area is 230 Å². The molecule has 3 aromatic rings. The molecular weight excluding hydrogens is 765 g/mol. The zero-order chi connectivity index (χ0) is 25.0. The van der Waals surface area contributed by atoms with Gasteiger partial charge in [0.2, 0.25) is 0 Å². The fourth-order valence-electron chi connectivity index (χ4n) is 3.84. The van der Waals surface area contributed by atoms with Crippen LogP contribution in [0.1, 0.15) is 28.9 Å². The van der Waals surface area contributed by atoms with Gasteiger partial charge < -0.3 is 5.32 Å². The molecule has 1 amide bonds. The van der Waals surface area contributed by atoms with Gasteiger partial charge in [-0.3, -0.25) is 0 Å². The van der Waals surface area contributed by atoms with E-state index in [1.165, 1.54) is 6.20 Å². The third kappa shape index (κ3) is 6.50. The molecule has 6 nitrogen and oxygen atoms in total. The van der Waals surface area contributed by atoms with E-state index in [1.807, 2.05) is 22.6 Å². The minimum atomic E-state index is -4.60. The van der Waals surface area contributed by atoms with Crippen molar-refractivity contribution in [2.45, 2.75) is 19.0 Å². The molecule has 0 unspecified atom stereocenters. The van der Waals surface area contributed by atoms with Crippen molar-refractivity contribution in [2.24, 2.45) is 5.92 Å². The van der Waals surface area contributed by atoms with Gasteiger partial charge in [-0.2, -0.15) is 0 Å². The molecule has 180 valence electrons.